The Kier molecular flexibility index (Phi) is 4.48. The van der Waals surface area contributed by atoms with Crippen LogP contribution in [0.15, 0.2) is 47.5 Å². The number of piperidine rings is 1. The van der Waals surface area contributed by atoms with Gasteiger partial charge >= 0.3 is 0 Å². The number of anilines is 1. The van der Waals surface area contributed by atoms with E-state index in [0.29, 0.717) is 24.2 Å². The molecule has 5 heterocycles. The van der Waals surface area contributed by atoms with Gasteiger partial charge in [-0.15, -0.1) is 0 Å². The van der Waals surface area contributed by atoms with E-state index in [0.717, 1.165) is 59.0 Å². The van der Waals surface area contributed by atoms with Gasteiger partial charge in [-0.2, -0.15) is 0 Å². The molecule has 0 bridgehead atoms. The second-order valence-electron chi connectivity index (χ2n) is 9.25. The van der Waals surface area contributed by atoms with Crippen LogP contribution in [0.4, 0.5) is 5.82 Å². The number of amides is 2. The number of hydrogen-bond acceptors (Lipinski definition) is 5. The fourth-order valence-electron chi connectivity index (χ4n) is 5.54. The molecule has 1 aromatic carbocycles. The number of H-pyrrole nitrogens is 2. The number of primary amides is 1. The van der Waals surface area contributed by atoms with Gasteiger partial charge in [-0.05, 0) is 42.5 Å². The Bertz CT molecular complexity index is 1540. The molecular formula is C25H24N6O3. The van der Waals surface area contributed by atoms with Gasteiger partial charge in [0, 0.05) is 49.0 Å². The third-order valence-corrected chi connectivity index (χ3v) is 7.23. The highest BCUT2D eigenvalue weighted by Crippen LogP contribution is 2.41. The zero-order valence-corrected chi connectivity index (χ0v) is 18.5. The van der Waals surface area contributed by atoms with Crippen LogP contribution in [0.1, 0.15) is 29.6 Å². The van der Waals surface area contributed by atoms with E-state index in [2.05, 4.69) is 25.2 Å². The summed E-state index contributed by atoms with van der Waals surface area (Å²) in [4.78, 5) is 49.5. The van der Waals surface area contributed by atoms with Crippen LogP contribution in [-0.4, -0.2) is 46.4 Å². The molecule has 0 saturated carbocycles. The van der Waals surface area contributed by atoms with Crippen LogP contribution in [0, 0.1) is 5.41 Å². The molecule has 2 amide bonds. The Morgan fingerprint density at radius 3 is 2.74 bits per heavy atom. The minimum Gasteiger partial charge on any atom is -0.365 e. The van der Waals surface area contributed by atoms with E-state index in [1.165, 1.54) is 6.20 Å². The Morgan fingerprint density at radius 2 is 1.97 bits per heavy atom. The molecule has 172 valence electrons. The van der Waals surface area contributed by atoms with Crippen molar-refractivity contribution in [2.24, 2.45) is 11.1 Å². The van der Waals surface area contributed by atoms with Crippen molar-refractivity contribution < 1.29 is 9.59 Å². The molecule has 6 rings (SSSR count). The number of aromatic amines is 2. The van der Waals surface area contributed by atoms with Crippen LogP contribution in [0.5, 0.6) is 0 Å². The molecule has 4 aromatic rings. The zero-order chi connectivity index (χ0) is 23.4. The van der Waals surface area contributed by atoms with Crippen LogP contribution in [-0.2, 0) is 4.79 Å². The third-order valence-electron chi connectivity index (χ3n) is 7.23. The van der Waals surface area contributed by atoms with E-state index in [9.17, 15) is 14.4 Å². The van der Waals surface area contributed by atoms with Gasteiger partial charge in [-0.3, -0.25) is 14.4 Å². The van der Waals surface area contributed by atoms with E-state index < -0.39 is 11.3 Å². The number of nitrogens with zero attached hydrogens (tertiary/aromatic N) is 2. The lowest BCUT2D eigenvalue weighted by Gasteiger charge is -2.39. The summed E-state index contributed by atoms with van der Waals surface area (Å²) >= 11 is 0. The summed E-state index contributed by atoms with van der Waals surface area (Å²) in [5.41, 5.74) is 8.54. The van der Waals surface area contributed by atoms with E-state index >= 15 is 0 Å². The maximum atomic E-state index is 12.6. The molecule has 1 atom stereocenters. The molecule has 2 fully saturated rings. The SMILES string of the molecule is NC(=O)c1cnc(N2CCC[C@@]3(CCNC3=O)C2)c2c1[nH]c1cc(-c3cc[nH]c(=O)c3)ccc12. The molecular weight excluding hydrogens is 432 g/mol. The molecule has 0 radical (unpaired) electrons. The molecule has 2 aliphatic rings. The zero-order valence-electron chi connectivity index (χ0n) is 18.5. The largest absolute Gasteiger partial charge is 0.365 e. The first kappa shape index (κ1) is 20.5. The fourth-order valence-corrected chi connectivity index (χ4v) is 5.54. The first-order chi connectivity index (χ1) is 16.4. The minimum atomic E-state index is -0.560. The number of carbonyl (C=O) groups excluding carboxylic acids is 2. The monoisotopic (exact) mass is 456 g/mol. The lowest BCUT2D eigenvalue weighted by molar-refractivity contribution is -0.128. The summed E-state index contributed by atoms with van der Waals surface area (Å²) in [7, 11) is 0. The Balaban J connectivity index is 1.53. The average Bonchev–Trinajstić information content (AvgIpc) is 3.38. The maximum absolute atomic E-state index is 12.6. The van der Waals surface area contributed by atoms with Gasteiger partial charge in [-0.1, -0.05) is 12.1 Å². The highest BCUT2D eigenvalue weighted by Gasteiger charge is 2.45. The smallest absolute Gasteiger partial charge is 0.252 e. The van der Waals surface area contributed by atoms with E-state index in [-0.39, 0.29) is 11.5 Å². The first-order valence-electron chi connectivity index (χ1n) is 11.4. The van der Waals surface area contributed by atoms with Crippen LogP contribution < -0.4 is 21.5 Å². The van der Waals surface area contributed by atoms with E-state index in [1.54, 1.807) is 12.3 Å². The van der Waals surface area contributed by atoms with Crippen LogP contribution in [0.3, 0.4) is 0 Å². The standard InChI is InChI=1S/C25H24N6O3/c26-22(33)17-12-29-23(31-9-1-5-25(13-31)6-8-28-24(25)34)20-16-3-2-14(10-18(16)30-21(17)20)15-4-7-27-19(32)11-15/h2-4,7,10-12,30H,1,5-6,8-9,13H2,(H2,26,33)(H,27,32)(H,28,34)/t25-/m1/s1. The third kappa shape index (κ3) is 3.07. The summed E-state index contributed by atoms with van der Waals surface area (Å²) in [5.74, 6) is 0.299. The average molecular weight is 457 g/mol. The van der Waals surface area contributed by atoms with Crippen LogP contribution >= 0.6 is 0 Å². The Morgan fingerprint density at radius 1 is 1.12 bits per heavy atom. The molecule has 1 spiro atoms. The summed E-state index contributed by atoms with van der Waals surface area (Å²) in [5, 5.41) is 4.71. The predicted molar refractivity (Wildman–Crippen MR) is 130 cm³/mol. The fraction of sp³-hybridized carbons (Fsp3) is 0.280. The molecule has 34 heavy (non-hydrogen) atoms. The Hall–Kier alpha value is -4.14. The Labute approximate surface area is 194 Å². The number of nitrogens with one attached hydrogen (secondary N) is 3. The van der Waals surface area contributed by atoms with Crippen LogP contribution in [0.2, 0.25) is 0 Å². The number of nitrogens with two attached hydrogens (primary N) is 1. The first-order valence-corrected chi connectivity index (χ1v) is 11.4. The van der Waals surface area contributed by atoms with Crippen molar-refractivity contribution in [3.63, 3.8) is 0 Å². The minimum absolute atomic E-state index is 0.114. The molecule has 9 heteroatoms. The molecule has 9 nitrogen and oxygen atoms in total. The number of fused-ring (bicyclic) bond motifs is 3. The predicted octanol–water partition coefficient (Wildman–Crippen LogP) is 2.28. The molecule has 5 N–H and O–H groups in total. The number of benzene rings is 1. The molecule has 2 aliphatic heterocycles. The number of aromatic nitrogens is 3. The second kappa shape index (κ2) is 7.44. The summed E-state index contributed by atoms with van der Waals surface area (Å²) in [6.45, 7) is 2.08. The summed E-state index contributed by atoms with van der Waals surface area (Å²) in [6.07, 6.45) is 5.71. The lowest BCUT2D eigenvalue weighted by Crippen LogP contribution is -2.47. The highest BCUT2D eigenvalue weighted by atomic mass is 16.2. The van der Waals surface area contributed by atoms with Gasteiger partial charge in [0.1, 0.15) is 5.82 Å². The quantitative estimate of drug-likeness (QED) is 0.375. The van der Waals surface area contributed by atoms with E-state index in [4.69, 9.17) is 5.73 Å². The number of carbonyl (C=O) groups is 2. The van der Waals surface area contributed by atoms with Gasteiger partial charge in [0.25, 0.3) is 5.91 Å². The molecule has 0 unspecified atom stereocenters. The van der Waals surface area contributed by atoms with Crippen molar-refractivity contribution in [2.45, 2.75) is 19.3 Å². The lowest BCUT2D eigenvalue weighted by atomic mass is 9.78. The summed E-state index contributed by atoms with van der Waals surface area (Å²) in [6, 6.07) is 9.27. The highest BCUT2D eigenvalue weighted by molar-refractivity contribution is 6.18. The van der Waals surface area contributed by atoms with Crippen molar-refractivity contribution in [3.8, 4) is 11.1 Å². The number of hydrogen-bond donors (Lipinski definition) is 4. The van der Waals surface area contributed by atoms with Gasteiger partial charge in [0.15, 0.2) is 0 Å². The normalized spacial score (nSPS) is 20.4. The number of rotatable bonds is 3. The topological polar surface area (TPSA) is 137 Å². The maximum Gasteiger partial charge on any atom is 0.252 e. The molecule has 0 aliphatic carbocycles. The van der Waals surface area contributed by atoms with Gasteiger partial charge in [0.2, 0.25) is 11.5 Å². The van der Waals surface area contributed by atoms with Crippen LogP contribution in [0.25, 0.3) is 32.9 Å². The van der Waals surface area contributed by atoms with Gasteiger partial charge in [-0.25, -0.2) is 4.98 Å². The van der Waals surface area contributed by atoms with E-state index in [1.807, 2.05) is 24.3 Å². The summed E-state index contributed by atoms with van der Waals surface area (Å²) < 4.78 is 0. The number of pyridine rings is 2. The molecule has 3 aromatic heterocycles. The second-order valence-corrected chi connectivity index (χ2v) is 9.25. The van der Waals surface area contributed by atoms with Crippen molar-refractivity contribution >= 4 is 39.4 Å². The van der Waals surface area contributed by atoms with Gasteiger partial charge < -0.3 is 25.9 Å². The van der Waals surface area contributed by atoms with Crippen molar-refractivity contribution in [1.29, 1.82) is 0 Å². The van der Waals surface area contributed by atoms with Gasteiger partial charge in [0.05, 0.1) is 21.9 Å². The van der Waals surface area contributed by atoms with Crippen molar-refractivity contribution in [2.75, 3.05) is 24.5 Å². The van der Waals surface area contributed by atoms with Crippen molar-refractivity contribution in [1.82, 2.24) is 20.3 Å². The molecule has 2 saturated heterocycles. The van der Waals surface area contributed by atoms with Crippen molar-refractivity contribution in [3.05, 3.63) is 58.6 Å².